The molecule has 1 N–H and O–H groups in total. The second kappa shape index (κ2) is 8.16. The molecular weight excluding hydrogens is 384 g/mol. The number of hydrogen-bond donors (Lipinski definition) is 1. The van der Waals surface area contributed by atoms with Gasteiger partial charge in [-0.1, -0.05) is 37.3 Å². The Hall–Kier alpha value is -2.00. The highest BCUT2D eigenvalue weighted by molar-refractivity contribution is 5.50. The maximum absolute atomic E-state index is 10.4. The number of methoxy groups -OCH3 is 1. The normalized spacial score (nSPS) is 32.5. The van der Waals surface area contributed by atoms with E-state index in [2.05, 4.69) is 31.2 Å². The third kappa shape index (κ3) is 3.55. The molecule has 6 atom stereocenters. The lowest BCUT2D eigenvalue weighted by Crippen LogP contribution is -2.44. The van der Waals surface area contributed by atoms with Crippen molar-refractivity contribution in [2.75, 3.05) is 7.11 Å². The third-order valence-corrected chi connectivity index (χ3v) is 8.90. The summed E-state index contributed by atoms with van der Waals surface area (Å²) < 4.78 is 12.0. The van der Waals surface area contributed by atoms with Crippen molar-refractivity contribution in [2.24, 2.45) is 23.2 Å². The van der Waals surface area contributed by atoms with Crippen LogP contribution in [0.3, 0.4) is 0 Å². The molecular formula is C28H36O3. The Bertz CT molecular complexity index is 921. The quantitative estimate of drug-likeness (QED) is 0.633. The van der Waals surface area contributed by atoms with Crippen LogP contribution in [0.4, 0.5) is 0 Å². The SMILES string of the molecule is COc1cc2c(cc1OCc1ccccc1)CC[C@@H]1[C@@H]2CC[C@]2(C)[C@@H](C(C)O)CC[C@@H]12. The second-order valence-corrected chi connectivity index (χ2v) is 10.4. The molecule has 0 aromatic heterocycles. The van der Waals surface area contributed by atoms with Crippen LogP contribution in [-0.2, 0) is 13.0 Å². The first-order valence-corrected chi connectivity index (χ1v) is 12.1. The van der Waals surface area contributed by atoms with Gasteiger partial charge in [0.15, 0.2) is 11.5 Å². The first-order valence-electron chi connectivity index (χ1n) is 12.1. The predicted molar refractivity (Wildman–Crippen MR) is 124 cm³/mol. The lowest BCUT2D eigenvalue weighted by Gasteiger charge is -2.51. The van der Waals surface area contributed by atoms with Gasteiger partial charge >= 0.3 is 0 Å². The van der Waals surface area contributed by atoms with Crippen LogP contribution in [0.2, 0.25) is 0 Å². The summed E-state index contributed by atoms with van der Waals surface area (Å²) in [6.45, 7) is 5.03. The van der Waals surface area contributed by atoms with Crippen molar-refractivity contribution in [3.63, 3.8) is 0 Å². The Morgan fingerprint density at radius 1 is 1.06 bits per heavy atom. The Labute approximate surface area is 186 Å². The fourth-order valence-electron chi connectivity index (χ4n) is 7.42. The molecule has 2 aromatic carbocycles. The Morgan fingerprint density at radius 3 is 2.61 bits per heavy atom. The van der Waals surface area contributed by atoms with E-state index in [1.165, 1.54) is 48.8 Å². The minimum atomic E-state index is -0.188. The van der Waals surface area contributed by atoms with Gasteiger partial charge in [0.25, 0.3) is 0 Å². The van der Waals surface area contributed by atoms with Gasteiger partial charge in [-0.25, -0.2) is 0 Å². The zero-order chi connectivity index (χ0) is 21.6. The summed E-state index contributed by atoms with van der Waals surface area (Å²) >= 11 is 0. The fourth-order valence-corrected chi connectivity index (χ4v) is 7.42. The molecule has 5 rings (SSSR count). The van der Waals surface area contributed by atoms with E-state index >= 15 is 0 Å². The Kier molecular flexibility index (Phi) is 5.50. The monoisotopic (exact) mass is 420 g/mol. The zero-order valence-electron chi connectivity index (χ0n) is 19.1. The van der Waals surface area contributed by atoms with Crippen LogP contribution < -0.4 is 9.47 Å². The van der Waals surface area contributed by atoms with E-state index in [-0.39, 0.29) is 6.10 Å². The highest BCUT2D eigenvalue weighted by atomic mass is 16.5. The fraction of sp³-hybridized carbons (Fsp3) is 0.571. The molecule has 0 heterocycles. The first kappa shape index (κ1) is 20.9. The number of aliphatic hydroxyl groups is 1. The molecule has 2 fully saturated rings. The number of aliphatic hydroxyl groups excluding tert-OH is 1. The summed E-state index contributed by atoms with van der Waals surface area (Å²) in [5.41, 5.74) is 4.40. The molecule has 31 heavy (non-hydrogen) atoms. The summed E-state index contributed by atoms with van der Waals surface area (Å²) in [5.74, 6) is 4.26. The van der Waals surface area contributed by atoms with Gasteiger partial charge in [-0.05, 0) is 103 Å². The minimum Gasteiger partial charge on any atom is -0.493 e. The lowest BCUT2D eigenvalue weighted by atomic mass is 9.54. The summed E-state index contributed by atoms with van der Waals surface area (Å²) in [6.07, 6.45) is 7.10. The summed E-state index contributed by atoms with van der Waals surface area (Å²) in [6, 6.07) is 14.8. The number of fused-ring (bicyclic) bond motifs is 5. The van der Waals surface area contributed by atoms with E-state index in [9.17, 15) is 5.11 Å². The van der Waals surface area contributed by atoms with Gasteiger partial charge < -0.3 is 14.6 Å². The second-order valence-electron chi connectivity index (χ2n) is 10.4. The third-order valence-electron chi connectivity index (χ3n) is 8.90. The molecule has 0 aliphatic heterocycles. The van der Waals surface area contributed by atoms with Gasteiger partial charge in [0.1, 0.15) is 6.61 Å². The van der Waals surface area contributed by atoms with E-state index < -0.39 is 0 Å². The number of benzene rings is 2. The maximum atomic E-state index is 10.4. The van der Waals surface area contributed by atoms with Crippen LogP contribution in [-0.4, -0.2) is 18.3 Å². The van der Waals surface area contributed by atoms with E-state index in [4.69, 9.17) is 9.47 Å². The van der Waals surface area contributed by atoms with Crippen LogP contribution in [0.25, 0.3) is 0 Å². The van der Waals surface area contributed by atoms with Crippen molar-refractivity contribution >= 4 is 0 Å². The molecule has 3 aliphatic carbocycles. The predicted octanol–water partition coefficient (Wildman–Crippen LogP) is 6.13. The Balaban J connectivity index is 1.40. The molecule has 1 unspecified atom stereocenters. The molecule has 3 aliphatic rings. The summed E-state index contributed by atoms with van der Waals surface area (Å²) in [7, 11) is 1.75. The van der Waals surface area contributed by atoms with Crippen molar-refractivity contribution in [1.82, 2.24) is 0 Å². The number of ether oxygens (including phenoxy) is 2. The van der Waals surface area contributed by atoms with E-state index in [1.54, 1.807) is 7.11 Å². The summed E-state index contributed by atoms with van der Waals surface area (Å²) in [4.78, 5) is 0. The highest BCUT2D eigenvalue weighted by Gasteiger charge is 2.55. The molecule has 0 bridgehead atoms. The topological polar surface area (TPSA) is 38.7 Å². The van der Waals surface area contributed by atoms with E-state index in [0.717, 1.165) is 29.8 Å². The maximum Gasteiger partial charge on any atom is 0.161 e. The molecule has 0 amide bonds. The van der Waals surface area contributed by atoms with Crippen molar-refractivity contribution < 1.29 is 14.6 Å². The van der Waals surface area contributed by atoms with Crippen LogP contribution >= 0.6 is 0 Å². The Morgan fingerprint density at radius 2 is 1.87 bits per heavy atom. The smallest absolute Gasteiger partial charge is 0.161 e. The van der Waals surface area contributed by atoms with Crippen LogP contribution in [0.15, 0.2) is 42.5 Å². The lowest BCUT2D eigenvalue weighted by molar-refractivity contribution is -0.0180. The van der Waals surface area contributed by atoms with Gasteiger partial charge in [-0.2, -0.15) is 0 Å². The first-order chi connectivity index (χ1) is 15.0. The van der Waals surface area contributed by atoms with Gasteiger partial charge in [0.05, 0.1) is 13.2 Å². The highest BCUT2D eigenvalue weighted by Crippen LogP contribution is 2.63. The minimum absolute atomic E-state index is 0.188. The molecule has 0 saturated heterocycles. The van der Waals surface area contributed by atoms with Crippen LogP contribution in [0.1, 0.15) is 68.6 Å². The van der Waals surface area contributed by atoms with E-state index in [1.807, 2.05) is 25.1 Å². The van der Waals surface area contributed by atoms with Crippen molar-refractivity contribution in [1.29, 1.82) is 0 Å². The molecule has 0 radical (unpaired) electrons. The van der Waals surface area contributed by atoms with Gasteiger partial charge in [-0.3, -0.25) is 0 Å². The van der Waals surface area contributed by atoms with Crippen LogP contribution in [0.5, 0.6) is 11.5 Å². The number of hydrogen-bond acceptors (Lipinski definition) is 3. The van der Waals surface area contributed by atoms with Crippen molar-refractivity contribution in [2.45, 2.75) is 71.0 Å². The average molecular weight is 421 g/mol. The summed E-state index contributed by atoms with van der Waals surface area (Å²) in [5, 5.41) is 10.4. The molecule has 3 nitrogen and oxygen atoms in total. The standard InChI is InChI=1S/C28H36O3/c1-18(29)24-11-12-25-22-10-9-20-15-27(31-17-19-7-5-4-6-8-19)26(30-3)16-23(20)21(22)13-14-28(24,25)2/h4-8,15-16,18,21-22,24-25,29H,9-14,17H2,1-3H3/t18?,21-,22+,24+,25-,28+/m0/s1. The van der Waals surface area contributed by atoms with Crippen molar-refractivity contribution in [3.8, 4) is 11.5 Å². The number of rotatable bonds is 5. The van der Waals surface area contributed by atoms with E-state index in [0.29, 0.717) is 23.9 Å². The van der Waals surface area contributed by atoms with Gasteiger partial charge in [0.2, 0.25) is 0 Å². The molecule has 2 saturated carbocycles. The molecule has 166 valence electrons. The van der Waals surface area contributed by atoms with Crippen molar-refractivity contribution in [3.05, 3.63) is 59.2 Å². The van der Waals surface area contributed by atoms with Gasteiger partial charge in [-0.15, -0.1) is 0 Å². The molecule has 3 heteroatoms. The molecule has 0 spiro atoms. The van der Waals surface area contributed by atoms with Gasteiger partial charge in [0, 0.05) is 0 Å². The largest absolute Gasteiger partial charge is 0.493 e. The van der Waals surface area contributed by atoms with Crippen LogP contribution in [0, 0.1) is 23.2 Å². The zero-order valence-corrected chi connectivity index (χ0v) is 19.1. The average Bonchev–Trinajstić information content (AvgIpc) is 3.15. The molecule has 2 aromatic rings. The number of aryl methyl sites for hydroxylation is 1.